The average molecular weight is 292 g/mol. The zero-order valence-corrected chi connectivity index (χ0v) is 13.0. The van der Waals surface area contributed by atoms with Crippen molar-refractivity contribution in [1.29, 1.82) is 0 Å². The summed E-state index contributed by atoms with van der Waals surface area (Å²) in [4.78, 5) is 22.6. The zero-order valence-electron chi connectivity index (χ0n) is 13.0. The number of nitro groups is 1. The van der Waals surface area contributed by atoms with E-state index in [0.717, 1.165) is 12.8 Å². The summed E-state index contributed by atoms with van der Waals surface area (Å²) in [6.07, 6.45) is 5.59. The quantitative estimate of drug-likeness (QED) is 0.447. The molecule has 1 amide bonds. The van der Waals surface area contributed by atoms with E-state index in [1.54, 1.807) is 19.1 Å². The molecule has 0 spiro atoms. The number of unbranched alkanes of at least 4 members (excludes halogenated alkanes) is 3. The van der Waals surface area contributed by atoms with E-state index in [4.69, 9.17) is 0 Å². The molecule has 0 aliphatic rings. The summed E-state index contributed by atoms with van der Waals surface area (Å²) >= 11 is 0. The van der Waals surface area contributed by atoms with Gasteiger partial charge in [0.1, 0.15) is 0 Å². The van der Waals surface area contributed by atoms with E-state index in [0.29, 0.717) is 11.1 Å². The van der Waals surface area contributed by atoms with E-state index in [1.165, 1.54) is 25.3 Å². The minimum absolute atomic E-state index is 0.0155. The first-order valence-electron chi connectivity index (χ1n) is 7.52. The van der Waals surface area contributed by atoms with E-state index in [2.05, 4.69) is 12.2 Å². The summed E-state index contributed by atoms with van der Waals surface area (Å²) in [7, 11) is 0. The van der Waals surface area contributed by atoms with Crippen molar-refractivity contribution in [2.75, 3.05) is 0 Å². The summed E-state index contributed by atoms with van der Waals surface area (Å²) in [5.74, 6) is -0.237. The summed E-state index contributed by atoms with van der Waals surface area (Å²) in [6.45, 7) is 5.74. The van der Waals surface area contributed by atoms with E-state index in [-0.39, 0.29) is 17.6 Å². The molecule has 0 aliphatic heterocycles. The molecule has 0 aliphatic carbocycles. The molecule has 0 radical (unpaired) electrons. The first-order chi connectivity index (χ1) is 9.97. The molecule has 1 N–H and O–H groups in total. The molecule has 0 bridgehead atoms. The molecule has 1 aromatic rings. The van der Waals surface area contributed by atoms with Crippen LogP contribution in [0.25, 0.3) is 0 Å². The molecule has 0 fully saturated rings. The Morgan fingerprint density at radius 3 is 2.67 bits per heavy atom. The van der Waals surface area contributed by atoms with Gasteiger partial charge in [-0.05, 0) is 26.3 Å². The van der Waals surface area contributed by atoms with Crippen molar-refractivity contribution in [3.63, 3.8) is 0 Å². The zero-order chi connectivity index (χ0) is 15.8. The molecule has 1 aromatic carbocycles. The molecule has 5 nitrogen and oxygen atoms in total. The Balaban J connectivity index is 2.63. The van der Waals surface area contributed by atoms with Crippen LogP contribution in [0.4, 0.5) is 5.69 Å². The fourth-order valence-electron chi connectivity index (χ4n) is 2.32. The van der Waals surface area contributed by atoms with Crippen molar-refractivity contribution in [1.82, 2.24) is 5.32 Å². The Kier molecular flexibility index (Phi) is 6.85. The van der Waals surface area contributed by atoms with E-state index < -0.39 is 4.92 Å². The number of carbonyl (C=O) groups is 1. The first kappa shape index (κ1) is 17.1. The van der Waals surface area contributed by atoms with Crippen LogP contribution in [0.5, 0.6) is 0 Å². The second kappa shape index (κ2) is 8.39. The maximum absolute atomic E-state index is 12.2. The molecule has 1 unspecified atom stereocenters. The number of nitrogens with one attached hydrogen (secondary N) is 1. The average Bonchev–Trinajstić information content (AvgIpc) is 2.43. The first-order valence-corrected chi connectivity index (χ1v) is 7.52. The Bertz CT molecular complexity index is 500. The van der Waals surface area contributed by atoms with Gasteiger partial charge in [-0.15, -0.1) is 0 Å². The van der Waals surface area contributed by atoms with Gasteiger partial charge < -0.3 is 5.32 Å². The fraction of sp³-hybridized carbons (Fsp3) is 0.562. The SMILES string of the molecule is CCCCCCC(C)NC(=O)c1cccc([N+](=O)[O-])c1C. The van der Waals surface area contributed by atoms with Crippen LogP contribution in [0.15, 0.2) is 18.2 Å². The molecule has 116 valence electrons. The van der Waals surface area contributed by atoms with Crippen LogP contribution in [0.1, 0.15) is 61.9 Å². The molecule has 1 atom stereocenters. The lowest BCUT2D eigenvalue weighted by atomic mass is 10.0. The topological polar surface area (TPSA) is 72.2 Å². The van der Waals surface area contributed by atoms with Crippen molar-refractivity contribution in [3.05, 3.63) is 39.4 Å². The number of nitrogens with zero attached hydrogens (tertiary/aromatic N) is 1. The minimum atomic E-state index is -0.458. The smallest absolute Gasteiger partial charge is 0.273 e. The van der Waals surface area contributed by atoms with E-state index in [1.807, 2.05) is 6.92 Å². The van der Waals surface area contributed by atoms with E-state index >= 15 is 0 Å². The molecular formula is C16H24N2O3. The summed E-state index contributed by atoms with van der Waals surface area (Å²) in [6, 6.07) is 4.67. The molecule has 5 heteroatoms. The van der Waals surface area contributed by atoms with Gasteiger partial charge in [0.15, 0.2) is 0 Å². The number of hydrogen-bond acceptors (Lipinski definition) is 3. The molecule has 0 aromatic heterocycles. The molecular weight excluding hydrogens is 268 g/mol. The number of carbonyl (C=O) groups excluding carboxylic acids is 1. The third-order valence-electron chi connectivity index (χ3n) is 3.61. The van der Waals surface area contributed by atoms with Gasteiger partial charge in [-0.25, -0.2) is 0 Å². The van der Waals surface area contributed by atoms with Crippen LogP contribution in [0, 0.1) is 17.0 Å². The van der Waals surface area contributed by atoms with Gasteiger partial charge in [-0.1, -0.05) is 38.7 Å². The Morgan fingerprint density at radius 2 is 2.05 bits per heavy atom. The highest BCUT2D eigenvalue weighted by molar-refractivity contribution is 5.96. The summed E-state index contributed by atoms with van der Waals surface area (Å²) < 4.78 is 0. The highest BCUT2D eigenvalue weighted by Gasteiger charge is 2.18. The monoisotopic (exact) mass is 292 g/mol. The molecule has 1 rings (SSSR count). The van der Waals surface area contributed by atoms with Crippen molar-refractivity contribution in [2.24, 2.45) is 0 Å². The highest BCUT2D eigenvalue weighted by Crippen LogP contribution is 2.21. The maximum Gasteiger partial charge on any atom is 0.273 e. The summed E-state index contributed by atoms with van der Waals surface area (Å²) in [5, 5.41) is 13.8. The summed E-state index contributed by atoms with van der Waals surface area (Å²) in [5.41, 5.74) is 0.779. The maximum atomic E-state index is 12.2. The van der Waals surface area contributed by atoms with Crippen LogP contribution in [0.3, 0.4) is 0 Å². The van der Waals surface area contributed by atoms with Gasteiger partial charge in [-0.2, -0.15) is 0 Å². The van der Waals surface area contributed by atoms with E-state index in [9.17, 15) is 14.9 Å². The van der Waals surface area contributed by atoms with Crippen LogP contribution in [-0.2, 0) is 0 Å². The Morgan fingerprint density at radius 1 is 1.33 bits per heavy atom. The molecule has 0 saturated heterocycles. The van der Waals surface area contributed by atoms with Gasteiger partial charge in [0, 0.05) is 23.2 Å². The van der Waals surface area contributed by atoms with Crippen molar-refractivity contribution < 1.29 is 9.72 Å². The molecule has 21 heavy (non-hydrogen) atoms. The minimum Gasteiger partial charge on any atom is -0.350 e. The lowest BCUT2D eigenvalue weighted by Crippen LogP contribution is -2.33. The largest absolute Gasteiger partial charge is 0.350 e. The molecule has 0 heterocycles. The second-order valence-electron chi connectivity index (χ2n) is 5.43. The fourth-order valence-corrected chi connectivity index (χ4v) is 2.32. The second-order valence-corrected chi connectivity index (χ2v) is 5.43. The number of nitro benzene ring substituents is 1. The van der Waals surface area contributed by atoms with Gasteiger partial charge in [0.25, 0.3) is 11.6 Å². The Hall–Kier alpha value is -1.91. The number of rotatable bonds is 8. The predicted molar refractivity (Wildman–Crippen MR) is 83.5 cm³/mol. The van der Waals surface area contributed by atoms with Crippen LogP contribution in [-0.4, -0.2) is 16.9 Å². The van der Waals surface area contributed by atoms with Gasteiger partial charge in [0.05, 0.1) is 4.92 Å². The molecule has 0 saturated carbocycles. The van der Waals surface area contributed by atoms with Gasteiger partial charge in [-0.3, -0.25) is 14.9 Å². The van der Waals surface area contributed by atoms with Crippen molar-refractivity contribution in [3.8, 4) is 0 Å². The van der Waals surface area contributed by atoms with Gasteiger partial charge >= 0.3 is 0 Å². The predicted octanol–water partition coefficient (Wildman–Crippen LogP) is 3.99. The highest BCUT2D eigenvalue weighted by atomic mass is 16.6. The number of benzene rings is 1. The number of amides is 1. The number of hydrogen-bond donors (Lipinski definition) is 1. The third kappa shape index (κ3) is 5.17. The Labute approximate surface area is 125 Å². The van der Waals surface area contributed by atoms with Gasteiger partial charge in [0.2, 0.25) is 0 Å². The van der Waals surface area contributed by atoms with Crippen LogP contribution >= 0.6 is 0 Å². The lowest BCUT2D eigenvalue weighted by Gasteiger charge is -2.14. The normalized spacial score (nSPS) is 12.0. The van der Waals surface area contributed by atoms with Crippen molar-refractivity contribution >= 4 is 11.6 Å². The van der Waals surface area contributed by atoms with Crippen LogP contribution < -0.4 is 5.32 Å². The van der Waals surface area contributed by atoms with Crippen LogP contribution in [0.2, 0.25) is 0 Å². The van der Waals surface area contributed by atoms with Crippen molar-refractivity contribution in [2.45, 2.75) is 58.9 Å². The standard InChI is InChI=1S/C16H24N2O3/c1-4-5-6-7-9-12(2)17-16(19)14-10-8-11-15(13(14)3)18(20)21/h8,10-12H,4-7,9H2,1-3H3,(H,17,19). The third-order valence-corrected chi connectivity index (χ3v) is 3.61. The lowest BCUT2D eigenvalue weighted by molar-refractivity contribution is -0.385.